The van der Waals surface area contributed by atoms with E-state index in [4.69, 9.17) is 4.74 Å². The molecule has 0 radical (unpaired) electrons. The molecule has 0 aromatic carbocycles. The normalized spacial score (nSPS) is 14.2. The van der Waals surface area contributed by atoms with Gasteiger partial charge in [-0.05, 0) is 32.8 Å². The summed E-state index contributed by atoms with van der Waals surface area (Å²) in [6.45, 7) is 6.19. The number of unbranched alkanes of at least 4 members (excludes halogenated alkanes) is 1. The molecule has 0 heterocycles. The highest BCUT2D eigenvalue weighted by atomic mass is 16.5. The molecule has 12 heavy (non-hydrogen) atoms. The highest BCUT2D eigenvalue weighted by molar-refractivity contribution is 4.88. The second kappa shape index (κ2) is 8.38. The molecule has 0 N–H and O–H groups in total. The van der Waals surface area contributed by atoms with Crippen molar-refractivity contribution in [1.29, 1.82) is 0 Å². The molecule has 1 nitrogen and oxygen atoms in total. The maximum Gasteiger partial charge on any atom is 0.116 e. The fraction of sp³-hybridized carbons (Fsp3) is 0.636. The summed E-state index contributed by atoms with van der Waals surface area (Å²) in [4.78, 5) is 0. The first kappa shape index (κ1) is 11.3. The van der Waals surface area contributed by atoms with Crippen molar-refractivity contribution < 1.29 is 4.74 Å². The quantitative estimate of drug-likeness (QED) is 0.434. The second-order valence-electron chi connectivity index (χ2n) is 2.81. The lowest BCUT2D eigenvalue weighted by Crippen LogP contribution is -2.05. The average molecular weight is 168 g/mol. The summed E-state index contributed by atoms with van der Waals surface area (Å²) in [6.07, 6.45) is 11.7. The summed E-state index contributed by atoms with van der Waals surface area (Å²) < 4.78 is 5.47. The molecule has 0 aliphatic rings. The first-order valence-electron chi connectivity index (χ1n) is 4.74. The molecule has 1 unspecified atom stereocenters. The van der Waals surface area contributed by atoms with E-state index in [9.17, 15) is 0 Å². The SMILES string of the molecule is C/C=C\OC(/C=C\C)CCCC. The number of allylic oxidation sites excluding steroid dienone is 2. The molecule has 0 fully saturated rings. The van der Waals surface area contributed by atoms with Gasteiger partial charge < -0.3 is 4.74 Å². The van der Waals surface area contributed by atoms with Crippen LogP contribution in [0.3, 0.4) is 0 Å². The Morgan fingerprint density at radius 2 is 2.00 bits per heavy atom. The van der Waals surface area contributed by atoms with Gasteiger partial charge in [0.1, 0.15) is 6.10 Å². The third-order valence-corrected chi connectivity index (χ3v) is 1.64. The molecule has 0 rings (SSSR count). The zero-order valence-electron chi connectivity index (χ0n) is 8.42. The minimum Gasteiger partial charge on any atom is -0.494 e. The summed E-state index contributed by atoms with van der Waals surface area (Å²) in [6, 6.07) is 0. The van der Waals surface area contributed by atoms with Crippen molar-refractivity contribution in [2.45, 2.75) is 46.1 Å². The van der Waals surface area contributed by atoms with Crippen LogP contribution in [-0.4, -0.2) is 6.10 Å². The van der Waals surface area contributed by atoms with Crippen molar-refractivity contribution in [2.75, 3.05) is 0 Å². The van der Waals surface area contributed by atoms with Crippen LogP contribution in [0.1, 0.15) is 40.0 Å². The average Bonchev–Trinajstić information content (AvgIpc) is 2.10. The van der Waals surface area contributed by atoms with E-state index in [2.05, 4.69) is 13.0 Å². The van der Waals surface area contributed by atoms with Crippen molar-refractivity contribution in [1.82, 2.24) is 0 Å². The van der Waals surface area contributed by atoms with Gasteiger partial charge in [-0.3, -0.25) is 0 Å². The number of hydrogen-bond donors (Lipinski definition) is 0. The van der Waals surface area contributed by atoms with Gasteiger partial charge in [0.25, 0.3) is 0 Å². The molecular formula is C11H20O. The highest BCUT2D eigenvalue weighted by Crippen LogP contribution is 2.06. The van der Waals surface area contributed by atoms with E-state index >= 15 is 0 Å². The van der Waals surface area contributed by atoms with Crippen LogP contribution in [0, 0.1) is 0 Å². The Morgan fingerprint density at radius 3 is 2.50 bits per heavy atom. The van der Waals surface area contributed by atoms with Gasteiger partial charge in [-0.1, -0.05) is 25.5 Å². The van der Waals surface area contributed by atoms with Gasteiger partial charge in [-0.2, -0.15) is 0 Å². The smallest absolute Gasteiger partial charge is 0.116 e. The van der Waals surface area contributed by atoms with E-state index in [1.165, 1.54) is 12.8 Å². The fourth-order valence-corrected chi connectivity index (χ4v) is 1.01. The van der Waals surface area contributed by atoms with Gasteiger partial charge >= 0.3 is 0 Å². The van der Waals surface area contributed by atoms with Crippen molar-refractivity contribution in [3.63, 3.8) is 0 Å². The van der Waals surface area contributed by atoms with Crippen LogP contribution in [-0.2, 0) is 4.74 Å². The van der Waals surface area contributed by atoms with Gasteiger partial charge in [0.05, 0.1) is 6.26 Å². The Labute approximate surface area is 76.1 Å². The number of rotatable bonds is 6. The number of ether oxygens (including phenoxy) is 1. The lowest BCUT2D eigenvalue weighted by atomic mass is 10.1. The summed E-state index contributed by atoms with van der Waals surface area (Å²) in [5.74, 6) is 0. The monoisotopic (exact) mass is 168 g/mol. The van der Waals surface area contributed by atoms with E-state index in [0.29, 0.717) is 0 Å². The van der Waals surface area contributed by atoms with Gasteiger partial charge in [0.2, 0.25) is 0 Å². The Balaban J connectivity index is 3.69. The molecule has 70 valence electrons. The fourth-order valence-electron chi connectivity index (χ4n) is 1.01. The third kappa shape index (κ3) is 6.02. The van der Waals surface area contributed by atoms with Crippen LogP contribution < -0.4 is 0 Å². The van der Waals surface area contributed by atoms with Crippen LogP contribution in [0.2, 0.25) is 0 Å². The number of hydrogen-bond acceptors (Lipinski definition) is 1. The first-order valence-corrected chi connectivity index (χ1v) is 4.74. The molecule has 0 aromatic rings. The minimum atomic E-state index is 0.270. The molecule has 0 aromatic heterocycles. The van der Waals surface area contributed by atoms with Crippen LogP contribution in [0.25, 0.3) is 0 Å². The highest BCUT2D eigenvalue weighted by Gasteiger charge is 2.00. The Hall–Kier alpha value is -0.720. The summed E-state index contributed by atoms with van der Waals surface area (Å²) in [7, 11) is 0. The molecule has 0 aliphatic carbocycles. The molecule has 0 amide bonds. The van der Waals surface area contributed by atoms with Crippen molar-refractivity contribution in [3.8, 4) is 0 Å². The van der Waals surface area contributed by atoms with Crippen molar-refractivity contribution in [2.24, 2.45) is 0 Å². The molecule has 0 bridgehead atoms. The lowest BCUT2D eigenvalue weighted by Gasteiger charge is -2.11. The van der Waals surface area contributed by atoms with Crippen LogP contribution in [0.15, 0.2) is 24.5 Å². The molecule has 0 aliphatic heterocycles. The van der Waals surface area contributed by atoms with Gasteiger partial charge in [-0.25, -0.2) is 0 Å². The zero-order chi connectivity index (χ0) is 9.23. The lowest BCUT2D eigenvalue weighted by molar-refractivity contribution is 0.174. The topological polar surface area (TPSA) is 9.23 Å². The first-order chi connectivity index (χ1) is 5.85. The van der Waals surface area contributed by atoms with E-state index < -0.39 is 0 Å². The largest absolute Gasteiger partial charge is 0.494 e. The Morgan fingerprint density at radius 1 is 1.25 bits per heavy atom. The van der Waals surface area contributed by atoms with Crippen molar-refractivity contribution >= 4 is 0 Å². The van der Waals surface area contributed by atoms with Crippen LogP contribution in [0.5, 0.6) is 0 Å². The second-order valence-corrected chi connectivity index (χ2v) is 2.81. The van der Waals surface area contributed by atoms with E-state index in [0.717, 1.165) is 6.42 Å². The molecule has 0 saturated carbocycles. The van der Waals surface area contributed by atoms with Gasteiger partial charge in [0, 0.05) is 0 Å². The molecule has 1 heteroatoms. The van der Waals surface area contributed by atoms with E-state index in [1.807, 2.05) is 26.0 Å². The third-order valence-electron chi connectivity index (χ3n) is 1.64. The van der Waals surface area contributed by atoms with Crippen LogP contribution >= 0.6 is 0 Å². The standard InChI is InChI=1S/C11H20O/c1-4-7-9-11(8-5-2)12-10-6-3/h5-6,8,10-11H,4,7,9H2,1-3H3/b8-5-,10-6-. The summed E-state index contributed by atoms with van der Waals surface area (Å²) >= 11 is 0. The molecule has 0 spiro atoms. The van der Waals surface area contributed by atoms with Gasteiger partial charge in [-0.15, -0.1) is 0 Å². The molecule has 0 saturated heterocycles. The summed E-state index contributed by atoms with van der Waals surface area (Å²) in [5, 5.41) is 0. The predicted octanol–water partition coefficient (Wildman–Crippen LogP) is 3.67. The maximum atomic E-state index is 5.47. The van der Waals surface area contributed by atoms with E-state index in [-0.39, 0.29) is 6.10 Å². The Bertz CT molecular complexity index is 136. The summed E-state index contributed by atoms with van der Waals surface area (Å²) in [5.41, 5.74) is 0. The van der Waals surface area contributed by atoms with E-state index in [1.54, 1.807) is 6.26 Å². The Kier molecular flexibility index (Phi) is 7.87. The van der Waals surface area contributed by atoms with Crippen molar-refractivity contribution in [3.05, 3.63) is 24.5 Å². The van der Waals surface area contributed by atoms with Gasteiger partial charge in [0.15, 0.2) is 0 Å². The maximum absolute atomic E-state index is 5.47. The molecule has 1 atom stereocenters. The van der Waals surface area contributed by atoms with Crippen LogP contribution in [0.4, 0.5) is 0 Å². The molecular weight excluding hydrogens is 148 g/mol. The minimum absolute atomic E-state index is 0.270. The predicted molar refractivity (Wildman–Crippen MR) is 54.0 cm³/mol. The zero-order valence-corrected chi connectivity index (χ0v) is 8.42.